The molecule has 2 rings (SSSR count). The van der Waals surface area contributed by atoms with Gasteiger partial charge in [0.1, 0.15) is 18.5 Å². The molecule has 0 amide bonds. The van der Waals surface area contributed by atoms with Gasteiger partial charge in [-0.1, -0.05) is 0 Å². The molecule has 0 bridgehead atoms. The molecule has 6 heteroatoms. The number of imidazole rings is 1. The van der Waals surface area contributed by atoms with Gasteiger partial charge < -0.3 is 9.82 Å². The number of nitrogens with one attached hydrogen (secondary N) is 1. The van der Waals surface area contributed by atoms with Crippen molar-refractivity contribution in [3.05, 3.63) is 22.5 Å². The maximum atomic E-state index is 11.2. The molecule has 2 heterocycles. The van der Waals surface area contributed by atoms with Crippen molar-refractivity contribution >= 4 is 11.2 Å². The maximum Gasteiger partial charge on any atom is 0.361 e. The van der Waals surface area contributed by atoms with Crippen LogP contribution < -0.4 is 10.5 Å². The molecule has 0 spiro atoms. The average molecular weight is 180 g/mol. The molecular formula is C7H8N4O2. The number of fused-ring (bicyclic) bond motifs is 1. The Balaban J connectivity index is 2.89. The van der Waals surface area contributed by atoms with Crippen LogP contribution in [0.1, 0.15) is 5.82 Å². The molecule has 2 aromatic rings. The Morgan fingerprint density at radius 3 is 3.08 bits per heavy atom. The summed E-state index contributed by atoms with van der Waals surface area (Å²) in [6.07, 6.45) is 1.55. The molecule has 1 N–H and O–H groups in total. The van der Waals surface area contributed by atoms with Gasteiger partial charge in [-0.25, -0.2) is 14.8 Å². The summed E-state index contributed by atoms with van der Waals surface area (Å²) in [6, 6.07) is 0. The number of H-pyrrole nitrogens is 1. The van der Waals surface area contributed by atoms with Crippen molar-refractivity contribution in [3.8, 4) is 0 Å². The van der Waals surface area contributed by atoms with Crippen LogP contribution in [-0.2, 0) is 0 Å². The van der Waals surface area contributed by atoms with Crippen molar-refractivity contribution in [2.45, 2.75) is 6.92 Å². The van der Waals surface area contributed by atoms with E-state index in [0.29, 0.717) is 17.0 Å². The van der Waals surface area contributed by atoms with Gasteiger partial charge in [0.2, 0.25) is 5.65 Å². The minimum atomic E-state index is -0.350. The smallest absolute Gasteiger partial charge is 0.361 e. The zero-order chi connectivity index (χ0) is 9.42. The van der Waals surface area contributed by atoms with Gasteiger partial charge in [0.25, 0.3) is 0 Å². The summed E-state index contributed by atoms with van der Waals surface area (Å²) in [5.74, 6) is 0.595. The van der Waals surface area contributed by atoms with E-state index in [4.69, 9.17) is 4.84 Å². The largest absolute Gasteiger partial charge is 0.411 e. The lowest BCUT2D eigenvalue weighted by molar-refractivity contribution is 0.167. The highest BCUT2D eigenvalue weighted by atomic mass is 16.7. The van der Waals surface area contributed by atoms with E-state index in [9.17, 15) is 4.79 Å². The Morgan fingerprint density at radius 2 is 2.38 bits per heavy atom. The lowest BCUT2D eigenvalue weighted by atomic mass is 10.5. The molecule has 0 fully saturated rings. The molecule has 0 atom stereocenters. The van der Waals surface area contributed by atoms with Crippen molar-refractivity contribution in [3.63, 3.8) is 0 Å². The maximum absolute atomic E-state index is 11.2. The average Bonchev–Trinajstić information content (AvgIpc) is 2.40. The molecule has 2 aromatic heterocycles. The minimum absolute atomic E-state index is 0.350. The van der Waals surface area contributed by atoms with E-state index in [0.717, 1.165) is 4.73 Å². The molecule has 0 aliphatic carbocycles. The zero-order valence-corrected chi connectivity index (χ0v) is 7.24. The molecule has 0 aromatic carbocycles. The third-order valence-electron chi connectivity index (χ3n) is 1.69. The molecular weight excluding hydrogens is 172 g/mol. The van der Waals surface area contributed by atoms with Crippen molar-refractivity contribution in [2.24, 2.45) is 0 Å². The number of rotatable bonds is 1. The van der Waals surface area contributed by atoms with Crippen LogP contribution in [0.15, 0.2) is 11.0 Å². The first kappa shape index (κ1) is 7.78. The lowest BCUT2D eigenvalue weighted by Gasteiger charge is -1.97. The fourth-order valence-corrected chi connectivity index (χ4v) is 1.13. The Labute approximate surface area is 73.2 Å². The fraction of sp³-hybridized carbons (Fsp3) is 0.286. The summed E-state index contributed by atoms with van der Waals surface area (Å²) in [5, 5.41) is 0. The highest BCUT2D eigenvalue weighted by Gasteiger charge is 2.07. The topological polar surface area (TPSA) is 72.8 Å². The second-order valence-electron chi connectivity index (χ2n) is 2.56. The molecule has 0 unspecified atom stereocenters. The Morgan fingerprint density at radius 1 is 1.62 bits per heavy atom. The number of aromatic nitrogens is 4. The van der Waals surface area contributed by atoms with E-state index in [2.05, 4.69) is 15.0 Å². The first-order valence-corrected chi connectivity index (χ1v) is 3.71. The summed E-state index contributed by atoms with van der Waals surface area (Å²) in [4.78, 5) is 26.6. The quantitative estimate of drug-likeness (QED) is 0.641. The Bertz CT molecular complexity index is 499. The van der Waals surface area contributed by atoms with E-state index in [1.165, 1.54) is 7.11 Å². The highest BCUT2D eigenvalue weighted by Crippen LogP contribution is 2.03. The third-order valence-corrected chi connectivity index (χ3v) is 1.69. The predicted octanol–water partition coefficient (Wildman–Crippen LogP) is -0.514. The van der Waals surface area contributed by atoms with Gasteiger partial charge in [-0.05, 0) is 6.92 Å². The zero-order valence-electron chi connectivity index (χ0n) is 7.24. The van der Waals surface area contributed by atoms with E-state index in [1.807, 2.05) is 0 Å². The standard InChI is InChI=1S/C7H8N4O2/c1-4-8-3-5-6(9-4)11(13-2)7(12)10-5/h3H,1-2H3,(H,10,12). The van der Waals surface area contributed by atoms with Crippen LogP contribution in [0.4, 0.5) is 0 Å². The van der Waals surface area contributed by atoms with Gasteiger partial charge >= 0.3 is 5.69 Å². The number of hydrogen-bond donors (Lipinski definition) is 1. The first-order chi connectivity index (χ1) is 6.22. The number of aromatic amines is 1. The van der Waals surface area contributed by atoms with E-state index in [-0.39, 0.29) is 5.69 Å². The molecule has 0 saturated heterocycles. The van der Waals surface area contributed by atoms with Crippen LogP contribution in [0.3, 0.4) is 0 Å². The lowest BCUT2D eigenvalue weighted by Crippen LogP contribution is -2.21. The molecule has 0 saturated carbocycles. The Kier molecular flexibility index (Phi) is 1.54. The van der Waals surface area contributed by atoms with Crippen LogP contribution >= 0.6 is 0 Å². The van der Waals surface area contributed by atoms with Gasteiger partial charge in [-0.2, -0.15) is 0 Å². The van der Waals surface area contributed by atoms with Crippen LogP contribution in [0, 0.1) is 6.92 Å². The monoisotopic (exact) mass is 180 g/mol. The van der Waals surface area contributed by atoms with E-state index in [1.54, 1.807) is 13.1 Å². The van der Waals surface area contributed by atoms with Crippen LogP contribution in [0.5, 0.6) is 0 Å². The van der Waals surface area contributed by atoms with Crippen molar-refractivity contribution in [1.29, 1.82) is 0 Å². The summed E-state index contributed by atoms with van der Waals surface area (Å²) in [5.41, 5.74) is 0.676. The summed E-state index contributed by atoms with van der Waals surface area (Å²) >= 11 is 0. The fourth-order valence-electron chi connectivity index (χ4n) is 1.13. The van der Waals surface area contributed by atoms with Crippen LogP contribution in [0.25, 0.3) is 11.2 Å². The minimum Gasteiger partial charge on any atom is -0.411 e. The van der Waals surface area contributed by atoms with Crippen molar-refractivity contribution < 1.29 is 4.84 Å². The second kappa shape index (κ2) is 2.58. The van der Waals surface area contributed by atoms with Gasteiger partial charge in [-0.3, -0.25) is 0 Å². The van der Waals surface area contributed by atoms with Gasteiger partial charge in [0.15, 0.2) is 0 Å². The third kappa shape index (κ3) is 1.07. The summed E-state index contributed by atoms with van der Waals surface area (Å²) < 4.78 is 1.09. The number of nitrogens with zero attached hydrogens (tertiary/aromatic N) is 3. The molecule has 0 aliphatic heterocycles. The summed E-state index contributed by atoms with van der Waals surface area (Å²) in [7, 11) is 1.41. The number of hydrogen-bond acceptors (Lipinski definition) is 4. The molecule has 0 aliphatic rings. The van der Waals surface area contributed by atoms with Gasteiger partial charge in [-0.15, -0.1) is 4.73 Å². The Hall–Kier alpha value is -1.85. The molecule has 68 valence electrons. The van der Waals surface area contributed by atoms with E-state index >= 15 is 0 Å². The molecule has 6 nitrogen and oxygen atoms in total. The molecule has 13 heavy (non-hydrogen) atoms. The SMILES string of the molecule is COn1c(=O)[nH]c2cnc(C)nc21. The van der Waals surface area contributed by atoms with Crippen molar-refractivity contribution in [1.82, 2.24) is 19.7 Å². The van der Waals surface area contributed by atoms with Crippen molar-refractivity contribution in [2.75, 3.05) is 7.11 Å². The summed E-state index contributed by atoms with van der Waals surface area (Å²) in [6.45, 7) is 1.75. The van der Waals surface area contributed by atoms with E-state index < -0.39 is 0 Å². The first-order valence-electron chi connectivity index (χ1n) is 3.71. The van der Waals surface area contributed by atoms with Crippen LogP contribution in [0.2, 0.25) is 0 Å². The normalized spacial score (nSPS) is 10.6. The second-order valence-corrected chi connectivity index (χ2v) is 2.56. The van der Waals surface area contributed by atoms with Crippen LogP contribution in [-0.4, -0.2) is 26.8 Å². The van der Waals surface area contributed by atoms with Gasteiger partial charge in [0, 0.05) is 0 Å². The molecule has 0 radical (unpaired) electrons. The highest BCUT2D eigenvalue weighted by molar-refractivity contribution is 5.68. The number of aryl methyl sites for hydroxylation is 1. The van der Waals surface area contributed by atoms with Gasteiger partial charge in [0.05, 0.1) is 6.20 Å². The predicted molar refractivity (Wildman–Crippen MR) is 45.4 cm³/mol.